The van der Waals surface area contributed by atoms with Gasteiger partial charge in [-0.15, -0.1) is 0 Å². The normalized spacial score (nSPS) is 20.6. The Morgan fingerprint density at radius 3 is 2.39 bits per heavy atom. The fraction of sp³-hybridized carbons (Fsp3) is 0.417. The highest BCUT2D eigenvalue weighted by molar-refractivity contribution is 6.07. The number of aromatic nitrogens is 1. The van der Waals surface area contributed by atoms with E-state index in [1.165, 1.54) is 0 Å². The number of urea groups is 1. The molecule has 2 saturated heterocycles. The predicted molar refractivity (Wildman–Crippen MR) is 123 cm³/mol. The molecule has 1 unspecified atom stereocenters. The molecule has 0 saturated carbocycles. The van der Waals surface area contributed by atoms with E-state index in [0.717, 1.165) is 16.9 Å². The van der Waals surface area contributed by atoms with Crippen LogP contribution in [0.3, 0.4) is 0 Å². The molecule has 1 atom stereocenters. The van der Waals surface area contributed by atoms with E-state index in [1.807, 2.05) is 24.9 Å². The zero-order valence-corrected chi connectivity index (χ0v) is 19.2. The van der Waals surface area contributed by atoms with Gasteiger partial charge in [0.1, 0.15) is 5.82 Å². The van der Waals surface area contributed by atoms with Crippen molar-refractivity contribution < 1.29 is 19.1 Å². The van der Waals surface area contributed by atoms with Crippen molar-refractivity contribution in [2.75, 3.05) is 44.3 Å². The third-order valence-electron chi connectivity index (χ3n) is 6.14. The minimum Gasteiger partial charge on any atom is -0.378 e. The Morgan fingerprint density at radius 1 is 1.12 bits per heavy atom. The molecular formula is C24H29N5O4. The van der Waals surface area contributed by atoms with Gasteiger partial charge < -0.3 is 19.9 Å². The molecular weight excluding hydrogens is 422 g/mol. The highest BCUT2D eigenvalue weighted by Gasteiger charge is 2.48. The fourth-order valence-electron chi connectivity index (χ4n) is 4.38. The zero-order valence-electron chi connectivity index (χ0n) is 19.2. The first-order valence-corrected chi connectivity index (χ1v) is 11.1. The van der Waals surface area contributed by atoms with Crippen molar-refractivity contribution in [3.05, 3.63) is 58.8 Å². The van der Waals surface area contributed by atoms with Crippen LogP contribution in [0, 0.1) is 13.8 Å². The number of carbonyl (C=O) groups is 3. The number of nitrogens with one attached hydrogen (secondary N) is 2. The highest BCUT2D eigenvalue weighted by Crippen LogP contribution is 2.27. The Kier molecular flexibility index (Phi) is 6.33. The number of anilines is 1. The zero-order chi connectivity index (χ0) is 23.6. The average Bonchev–Trinajstić information content (AvgIpc) is 3.11. The van der Waals surface area contributed by atoms with Crippen molar-refractivity contribution >= 4 is 23.7 Å². The van der Waals surface area contributed by atoms with Crippen molar-refractivity contribution in [2.24, 2.45) is 0 Å². The van der Waals surface area contributed by atoms with Gasteiger partial charge in [-0.2, -0.15) is 0 Å². The third kappa shape index (κ3) is 4.41. The standard InChI is InChI=1S/C24H29N5O4/c1-4-33-15-24(22(31)26-23(32)27-24)19-7-5-18(6-8-19)21(30)29-11-9-28(10-12-29)20-17(3)13-16(2)14-25-20/h5-8,13-14H,4,9-12,15H2,1-3H3,(H2,26,27,31,32). The maximum Gasteiger partial charge on any atom is 0.322 e. The van der Waals surface area contributed by atoms with Crippen molar-refractivity contribution in [3.8, 4) is 0 Å². The van der Waals surface area contributed by atoms with E-state index in [-0.39, 0.29) is 12.5 Å². The number of rotatable bonds is 6. The minimum absolute atomic E-state index is 0.0167. The monoisotopic (exact) mass is 451 g/mol. The number of hydrogen-bond donors (Lipinski definition) is 2. The fourth-order valence-corrected chi connectivity index (χ4v) is 4.38. The highest BCUT2D eigenvalue weighted by atomic mass is 16.5. The van der Waals surface area contributed by atoms with Gasteiger partial charge in [-0.3, -0.25) is 14.9 Å². The van der Waals surface area contributed by atoms with E-state index in [4.69, 9.17) is 4.74 Å². The van der Waals surface area contributed by atoms with Gasteiger partial charge in [-0.1, -0.05) is 18.2 Å². The molecule has 4 rings (SSSR count). The molecule has 0 spiro atoms. The quantitative estimate of drug-likeness (QED) is 0.649. The lowest BCUT2D eigenvalue weighted by molar-refractivity contribution is -0.126. The lowest BCUT2D eigenvalue weighted by Crippen LogP contribution is -2.49. The van der Waals surface area contributed by atoms with Crippen LogP contribution in [0.5, 0.6) is 0 Å². The minimum atomic E-state index is -1.29. The number of nitrogens with zero attached hydrogens (tertiary/aromatic N) is 3. The molecule has 0 aliphatic carbocycles. The van der Waals surface area contributed by atoms with Crippen LogP contribution in [-0.4, -0.2) is 67.1 Å². The molecule has 33 heavy (non-hydrogen) atoms. The molecule has 9 nitrogen and oxygen atoms in total. The van der Waals surface area contributed by atoms with Gasteiger partial charge in [0.15, 0.2) is 5.54 Å². The summed E-state index contributed by atoms with van der Waals surface area (Å²) in [5.74, 6) is 0.443. The molecule has 3 heterocycles. The number of hydrogen-bond acceptors (Lipinski definition) is 6. The lowest BCUT2D eigenvalue weighted by atomic mass is 9.90. The summed E-state index contributed by atoms with van der Waals surface area (Å²) < 4.78 is 5.47. The number of pyridine rings is 1. The molecule has 0 bridgehead atoms. The molecule has 2 N–H and O–H groups in total. The summed E-state index contributed by atoms with van der Waals surface area (Å²) in [6.07, 6.45) is 1.87. The molecule has 174 valence electrons. The molecule has 2 aliphatic rings. The Labute approximate surface area is 193 Å². The second-order valence-electron chi connectivity index (χ2n) is 8.46. The van der Waals surface area contributed by atoms with Gasteiger partial charge in [-0.25, -0.2) is 9.78 Å². The maximum absolute atomic E-state index is 13.1. The molecule has 9 heteroatoms. The summed E-state index contributed by atoms with van der Waals surface area (Å²) in [6, 6.07) is 8.35. The van der Waals surface area contributed by atoms with Gasteiger partial charge in [0.2, 0.25) is 0 Å². The van der Waals surface area contributed by atoms with Crippen LogP contribution in [-0.2, 0) is 15.1 Å². The number of aryl methyl sites for hydroxylation is 2. The van der Waals surface area contributed by atoms with Crippen LogP contribution in [0.4, 0.5) is 10.6 Å². The first kappa shape index (κ1) is 22.7. The molecule has 0 radical (unpaired) electrons. The largest absolute Gasteiger partial charge is 0.378 e. The van der Waals surface area contributed by atoms with Crippen molar-refractivity contribution in [1.29, 1.82) is 0 Å². The SMILES string of the molecule is CCOCC1(c2ccc(C(=O)N3CCN(c4ncc(C)cc4C)CC3)cc2)NC(=O)NC1=O. The Balaban J connectivity index is 1.44. The number of amides is 4. The summed E-state index contributed by atoms with van der Waals surface area (Å²) in [5.41, 5.74) is 2.08. The van der Waals surface area contributed by atoms with Gasteiger partial charge in [-0.05, 0) is 49.6 Å². The summed E-state index contributed by atoms with van der Waals surface area (Å²) >= 11 is 0. The van der Waals surface area contributed by atoms with Gasteiger partial charge in [0.05, 0.1) is 6.61 Å². The van der Waals surface area contributed by atoms with Crippen LogP contribution < -0.4 is 15.5 Å². The maximum atomic E-state index is 13.1. The smallest absolute Gasteiger partial charge is 0.322 e. The van der Waals surface area contributed by atoms with Crippen LogP contribution in [0.25, 0.3) is 0 Å². The van der Waals surface area contributed by atoms with E-state index in [9.17, 15) is 14.4 Å². The van der Waals surface area contributed by atoms with Gasteiger partial charge in [0, 0.05) is 44.5 Å². The molecule has 2 aliphatic heterocycles. The summed E-state index contributed by atoms with van der Waals surface area (Å²) in [7, 11) is 0. The molecule has 1 aromatic heterocycles. The van der Waals surface area contributed by atoms with E-state index in [1.54, 1.807) is 24.3 Å². The summed E-state index contributed by atoms with van der Waals surface area (Å²) in [5, 5.41) is 4.95. The van der Waals surface area contributed by atoms with Crippen LogP contribution >= 0.6 is 0 Å². The van der Waals surface area contributed by atoms with Crippen molar-refractivity contribution in [2.45, 2.75) is 26.3 Å². The van der Waals surface area contributed by atoms with Crippen LogP contribution in [0.1, 0.15) is 34.0 Å². The lowest BCUT2D eigenvalue weighted by Gasteiger charge is -2.36. The van der Waals surface area contributed by atoms with E-state index < -0.39 is 17.5 Å². The molecule has 2 fully saturated rings. The average molecular weight is 452 g/mol. The topological polar surface area (TPSA) is 104 Å². The molecule has 4 amide bonds. The van der Waals surface area contributed by atoms with Gasteiger partial charge in [0.25, 0.3) is 11.8 Å². The summed E-state index contributed by atoms with van der Waals surface area (Å²) in [4.78, 5) is 46.0. The Bertz CT molecular complexity index is 1060. The number of piperazine rings is 1. The Hall–Kier alpha value is -3.46. The number of ether oxygens (including phenoxy) is 1. The molecule has 2 aromatic rings. The molecule has 1 aromatic carbocycles. The van der Waals surface area contributed by atoms with E-state index in [2.05, 4.69) is 33.5 Å². The van der Waals surface area contributed by atoms with Crippen molar-refractivity contribution in [3.63, 3.8) is 0 Å². The van der Waals surface area contributed by atoms with Crippen LogP contribution in [0.15, 0.2) is 36.5 Å². The second kappa shape index (κ2) is 9.19. The van der Waals surface area contributed by atoms with Crippen LogP contribution in [0.2, 0.25) is 0 Å². The van der Waals surface area contributed by atoms with E-state index in [0.29, 0.717) is 43.9 Å². The van der Waals surface area contributed by atoms with Crippen molar-refractivity contribution in [1.82, 2.24) is 20.5 Å². The number of carbonyl (C=O) groups excluding carboxylic acids is 3. The first-order chi connectivity index (χ1) is 15.8. The van der Waals surface area contributed by atoms with Gasteiger partial charge >= 0.3 is 6.03 Å². The number of imide groups is 1. The summed E-state index contributed by atoms with van der Waals surface area (Å²) in [6.45, 7) is 8.95. The third-order valence-corrected chi connectivity index (χ3v) is 6.14. The predicted octanol–water partition coefficient (Wildman–Crippen LogP) is 1.73. The second-order valence-corrected chi connectivity index (χ2v) is 8.46. The first-order valence-electron chi connectivity index (χ1n) is 11.1. The van der Waals surface area contributed by atoms with E-state index >= 15 is 0 Å². The Morgan fingerprint density at radius 2 is 1.82 bits per heavy atom. The number of benzene rings is 1.